The van der Waals surface area contributed by atoms with Gasteiger partial charge in [-0.1, -0.05) is 20.8 Å². The molecule has 0 aliphatic heterocycles. The minimum Gasteiger partial charge on any atom is -0.382 e. The fraction of sp³-hybridized carbons (Fsp3) is 0.533. The normalized spacial score (nSPS) is 26.6. The summed E-state index contributed by atoms with van der Waals surface area (Å²) in [6.07, 6.45) is 4.41. The van der Waals surface area contributed by atoms with Gasteiger partial charge in [-0.25, -0.2) is 0 Å². The SMILES string of the molecule is CC1CC(C)(C)CC1Nc1ccc2cn[nH]c2c1. The lowest BCUT2D eigenvalue weighted by Gasteiger charge is -2.19. The van der Waals surface area contributed by atoms with E-state index < -0.39 is 0 Å². The summed E-state index contributed by atoms with van der Waals surface area (Å²) in [7, 11) is 0. The number of anilines is 1. The first-order valence-electron chi connectivity index (χ1n) is 6.73. The van der Waals surface area contributed by atoms with Gasteiger partial charge in [-0.05, 0) is 42.4 Å². The maximum atomic E-state index is 4.06. The summed E-state index contributed by atoms with van der Waals surface area (Å²) in [5.41, 5.74) is 2.76. The van der Waals surface area contributed by atoms with E-state index in [1.165, 1.54) is 23.9 Å². The van der Waals surface area contributed by atoms with Gasteiger partial charge in [0, 0.05) is 17.1 Å². The van der Waals surface area contributed by atoms with E-state index in [9.17, 15) is 0 Å². The van der Waals surface area contributed by atoms with Crippen molar-refractivity contribution < 1.29 is 0 Å². The molecule has 3 rings (SSSR count). The predicted octanol–water partition coefficient (Wildman–Crippen LogP) is 3.80. The van der Waals surface area contributed by atoms with Crippen molar-refractivity contribution in [2.75, 3.05) is 5.32 Å². The molecule has 2 unspecified atom stereocenters. The molecule has 18 heavy (non-hydrogen) atoms. The molecule has 1 saturated carbocycles. The fourth-order valence-electron chi connectivity index (χ4n) is 3.33. The smallest absolute Gasteiger partial charge is 0.0670 e. The van der Waals surface area contributed by atoms with E-state index in [0.29, 0.717) is 11.5 Å². The van der Waals surface area contributed by atoms with Crippen molar-refractivity contribution >= 4 is 16.6 Å². The maximum absolute atomic E-state index is 4.06. The van der Waals surface area contributed by atoms with Crippen LogP contribution in [-0.4, -0.2) is 16.2 Å². The van der Waals surface area contributed by atoms with Crippen LogP contribution in [0.15, 0.2) is 24.4 Å². The summed E-state index contributed by atoms with van der Waals surface area (Å²) in [5.74, 6) is 0.734. The van der Waals surface area contributed by atoms with Crippen LogP contribution in [0.1, 0.15) is 33.6 Å². The molecule has 1 heterocycles. The number of H-pyrrole nitrogens is 1. The molecule has 2 N–H and O–H groups in total. The van der Waals surface area contributed by atoms with E-state index in [-0.39, 0.29) is 0 Å². The van der Waals surface area contributed by atoms with Gasteiger partial charge in [-0.2, -0.15) is 5.10 Å². The number of fused-ring (bicyclic) bond motifs is 1. The summed E-state index contributed by atoms with van der Waals surface area (Å²) in [5, 5.41) is 11.9. The largest absolute Gasteiger partial charge is 0.382 e. The van der Waals surface area contributed by atoms with Gasteiger partial charge < -0.3 is 5.32 Å². The lowest BCUT2D eigenvalue weighted by atomic mass is 9.91. The standard InChI is InChI=1S/C15H21N3/c1-10-7-15(2,3)8-14(10)17-12-5-4-11-9-16-18-13(11)6-12/h4-6,9-10,14,17H,7-8H2,1-3H3,(H,16,18). The fourth-order valence-corrected chi connectivity index (χ4v) is 3.33. The Labute approximate surface area is 108 Å². The molecule has 1 aliphatic rings. The van der Waals surface area contributed by atoms with Crippen molar-refractivity contribution in [2.45, 2.75) is 39.7 Å². The zero-order valence-electron chi connectivity index (χ0n) is 11.3. The Morgan fingerprint density at radius 2 is 2.17 bits per heavy atom. The van der Waals surface area contributed by atoms with Crippen molar-refractivity contribution in [3.8, 4) is 0 Å². The van der Waals surface area contributed by atoms with E-state index in [1.54, 1.807) is 0 Å². The highest BCUT2D eigenvalue weighted by Gasteiger charge is 2.36. The third kappa shape index (κ3) is 2.09. The quantitative estimate of drug-likeness (QED) is 0.842. The van der Waals surface area contributed by atoms with Gasteiger partial charge >= 0.3 is 0 Å². The van der Waals surface area contributed by atoms with Crippen LogP contribution in [-0.2, 0) is 0 Å². The van der Waals surface area contributed by atoms with Crippen molar-refractivity contribution in [1.29, 1.82) is 0 Å². The average Bonchev–Trinajstić information content (AvgIpc) is 2.83. The first kappa shape index (κ1) is 11.6. The van der Waals surface area contributed by atoms with Crippen LogP contribution in [0.5, 0.6) is 0 Å². The van der Waals surface area contributed by atoms with Gasteiger partial charge in [0.05, 0.1) is 11.7 Å². The monoisotopic (exact) mass is 243 g/mol. The van der Waals surface area contributed by atoms with Gasteiger partial charge in [0.25, 0.3) is 0 Å². The molecule has 0 saturated heterocycles. The third-order valence-electron chi connectivity index (χ3n) is 4.13. The van der Waals surface area contributed by atoms with E-state index in [0.717, 1.165) is 11.4 Å². The van der Waals surface area contributed by atoms with Crippen molar-refractivity contribution in [3.05, 3.63) is 24.4 Å². The Bertz CT molecular complexity index is 556. The molecule has 0 amide bonds. The minimum absolute atomic E-state index is 0.467. The molecule has 3 heteroatoms. The van der Waals surface area contributed by atoms with Crippen LogP contribution in [0, 0.1) is 11.3 Å². The molecule has 0 radical (unpaired) electrons. The van der Waals surface area contributed by atoms with E-state index in [4.69, 9.17) is 0 Å². The predicted molar refractivity (Wildman–Crippen MR) is 75.7 cm³/mol. The van der Waals surface area contributed by atoms with Gasteiger partial charge in [0.1, 0.15) is 0 Å². The number of rotatable bonds is 2. The summed E-state index contributed by atoms with van der Waals surface area (Å²) in [6.45, 7) is 7.08. The number of hydrogen-bond acceptors (Lipinski definition) is 2. The Kier molecular flexibility index (Phi) is 2.58. The summed E-state index contributed by atoms with van der Waals surface area (Å²) in [4.78, 5) is 0. The van der Waals surface area contributed by atoms with E-state index >= 15 is 0 Å². The molecular weight excluding hydrogens is 222 g/mol. The van der Waals surface area contributed by atoms with Gasteiger partial charge in [0.2, 0.25) is 0 Å². The van der Waals surface area contributed by atoms with E-state index in [2.05, 4.69) is 54.5 Å². The second-order valence-electron chi connectivity index (χ2n) is 6.47. The molecule has 1 fully saturated rings. The topological polar surface area (TPSA) is 40.7 Å². The second-order valence-corrected chi connectivity index (χ2v) is 6.47. The highest BCUT2D eigenvalue weighted by molar-refractivity contribution is 5.81. The van der Waals surface area contributed by atoms with Gasteiger partial charge in [-0.15, -0.1) is 0 Å². The zero-order chi connectivity index (χ0) is 12.8. The molecule has 2 atom stereocenters. The van der Waals surface area contributed by atoms with Crippen LogP contribution in [0.4, 0.5) is 5.69 Å². The Balaban J connectivity index is 1.80. The molecule has 96 valence electrons. The Morgan fingerprint density at radius 1 is 1.33 bits per heavy atom. The van der Waals surface area contributed by atoms with E-state index in [1.807, 2.05) is 6.20 Å². The lowest BCUT2D eigenvalue weighted by Crippen LogP contribution is -2.22. The Morgan fingerprint density at radius 3 is 2.89 bits per heavy atom. The highest BCUT2D eigenvalue weighted by Crippen LogP contribution is 2.42. The Hall–Kier alpha value is -1.51. The van der Waals surface area contributed by atoms with Crippen molar-refractivity contribution in [3.63, 3.8) is 0 Å². The average molecular weight is 243 g/mol. The van der Waals surface area contributed by atoms with Crippen LogP contribution >= 0.6 is 0 Å². The number of hydrogen-bond donors (Lipinski definition) is 2. The number of benzene rings is 1. The summed E-state index contributed by atoms with van der Waals surface area (Å²) in [6, 6.07) is 7.00. The van der Waals surface area contributed by atoms with Gasteiger partial charge in [-0.3, -0.25) is 5.10 Å². The van der Waals surface area contributed by atoms with Crippen LogP contribution in [0.25, 0.3) is 10.9 Å². The maximum Gasteiger partial charge on any atom is 0.0670 e. The van der Waals surface area contributed by atoms with Crippen molar-refractivity contribution in [1.82, 2.24) is 10.2 Å². The molecule has 0 bridgehead atoms. The second kappa shape index (κ2) is 4.01. The molecule has 1 aromatic heterocycles. The van der Waals surface area contributed by atoms with Crippen LogP contribution in [0.2, 0.25) is 0 Å². The third-order valence-corrected chi connectivity index (χ3v) is 4.13. The molecule has 2 aromatic rings. The number of aromatic nitrogens is 2. The first-order chi connectivity index (χ1) is 8.53. The van der Waals surface area contributed by atoms with Crippen LogP contribution < -0.4 is 5.32 Å². The van der Waals surface area contributed by atoms with Gasteiger partial charge in [0.15, 0.2) is 0 Å². The molecule has 3 nitrogen and oxygen atoms in total. The lowest BCUT2D eigenvalue weighted by molar-refractivity contribution is 0.366. The summed E-state index contributed by atoms with van der Waals surface area (Å²) < 4.78 is 0. The zero-order valence-corrected chi connectivity index (χ0v) is 11.3. The molecule has 0 spiro atoms. The molecular formula is C15H21N3. The minimum atomic E-state index is 0.467. The summed E-state index contributed by atoms with van der Waals surface area (Å²) >= 11 is 0. The van der Waals surface area contributed by atoms with Crippen LogP contribution in [0.3, 0.4) is 0 Å². The number of nitrogens with one attached hydrogen (secondary N) is 2. The highest BCUT2D eigenvalue weighted by atomic mass is 15.1. The molecule has 1 aromatic carbocycles. The van der Waals surface area contributed by atoms with Crippen molar-refractivity contribution in [2.24, 2.45) is 11.3 Å². The number of nitrogens with zero attached hydrogens (tertiary/aromatic N) is 1. The molecule has 1 aliphatic carbocycles. The number of aromatic amines is 1. The first-order valence-corrected chi connectivity index (χ1v) is 6.73.